The number of aliphatic hydroxyl groups excluding tert-OH is 2. The van der Waals surface area contributed by atoms with E-state index < -0.39 is 30.4 Å². The van der Waals surface area contributed by atoms with E-state index in [0.29, 0.717) is 0 Å². The Morgan fingerprint density at radius 1 is 1.35 bits per heavy atom. The Morgan fingerprint density at radius 2 is 1.82 bits per heavy atom. The average molecular weight is 282 g/mol. The zero-order valence-electron chi connectivity index (χ0n) is 8.53. The second-order valence-corrected chi connectivity index (χ2v) is 4.30. The van der Waals surface area contributed by atoms with Gasteiger partial charge in [-0.2, -0.15) is 0 Å². The number of halogens is 3. The van der Waals surface area contributed by atoms with E-state index in [0.717, 1.165) is 12.1 Å². The molecule has 1 rings (SSSR count). The second kappa shape index (κ2) is 5.64. The van der Waals surface area contributed by atoms with Gasteiger partial charge in [-0.05, 0) is 17.7 Å². The smallest absolute Gasteiger partial charge is 0.220 e. The van der Waals surface area contributed by atoms with Crippen LogP contribution in [0, 0.1) is 5.82 Å². The highest BCUT2D eigenvalue weighted by atomic mass is 35.5. The van der Waals surface area contributed by atoms with Crippen LogP contribution in [0.2, 0.25) is 10.0 Å². The molecule has 0 heterocycles. The van der Waals surface area contributed by atoms with E-state index in [4.69, 9.17) is 28.9 Å². The third-order valence-corrected chi connectivity index (χ3v) is 2.67. The molecule has 0 fully saturated rings. The van der Waals surface area contributed by atoms with Crippen molar-refractivity contribution in [3.05, 3.63) is 33.6 Å². The number of amides is 1. The summed E-state index contributed by atoms with van der Waals surface area (Å²) in [6.45, 7) is 0. The quantitative estimate of drug-likeness (QED) is 0.730. The van der Waals surface area contributed by atoms with E-state index in [2.05, 4.69) is 0 Å². The van der Waals surface area contributed by atoms with Gasteiger partial charge in [-0.3, -0.25) is 4.79 Å². The number of hydrogen-bond donors (Lipinski definition) is 3. The van der Waals surface area contributed by atoms with Crippen molar-refractivity contribution < 1.29 is 19.4 Å². The average Bonchev–Trinajstić information content (AvgIpc) is 2.23. The Balaban J connectivity index is 2.96. The first kappa shape index (κ1) is 14.2. The van der Waals surface area contributed by atoms with Gasteiger partial charge < -0.3 is 15.9 Å². The predicted molar refractivity (Wildman–Crippen MR) is 61.2 cm³/mol. The molecule has 2 atom stereocenters. The molecule has 0 aromatic heterocycles. The van der Waals surface area contributed by atoms with Crippen LogP contribution < -0.4 is 5.73 Å². The zero-order valence-corrected chi connectivity index (χ0v) is 10.0. The molecular weight excluding hydrogens is 272 g/mol. The number of carbonyl (C=O) groups is 1. The van der Waals surface area contributed by atoms with Crippen LogP contribution in [0.5, 0.6) is 0 Å². The summed E-state index contributed by atoms with van der Waals surface area (Å²) in [6, 6.07) is 2.25. The molecule has 0 radical (unpaired) electrons. The lowest BCUT2D eigenvalue weighted by Gasteiger charge is -2.17. The summed E-state index contributed by atoms with van der Waals surface area (Å²) in [4.78, 5) is 10.6. The first-order valence-electron chi connectivity index (χ1n) is 4.61. The third kappa shape index (κ3) is 3.54. The maximum absolute atomic E-state index is 13.1. The highest BCUT2D eigenvalue weighted by Crippen LogP contribution is 2.29. The lowest BCUT2D eigenvalue weighted by molar-refractivity contribution is -0.121. The van der Waals surface area contributed by atoms with Crippen LogP contribution in [-0.2, 0) is 4.79 Å². The van der Waals surface area contributed by atoms with Crippen molar-refractivity contribution in [3.8, 4) is 0 Å². The van der Waals surface area contributed by atoms with E-state index in [9.17, 15) is 19.4 Å². The molecule has 0 saturated carbocycles. The standard InChI is InChI=1S/C10H10Cl2FNO3/c11-5-1-4(2-6(12)9(5)13)10(17)7(15)3-8(14)16/h1-2,7,10,15,17H,3H2,(H2,14,16). The summed E-state index contributed by atoms with van der Waals surface area (Å²) < 4.78 is 13.1. The van der Waals surface area contributed by atoms with E-state index in [-0.39, 0.29) is 15.6 Å². The number of hydrogen-bond acceptors (Lipinski definition) is 3. The molecule has 0 spiro atoms. The SMILES string of the molecule is NC(=O)CC(O)C(O)c1cc(Cl)c(F)c(Cl)c1. The topological polar surface area (TPSA) is 83.6 Å². The van der Waals surface area contributed by atoms with Crippen molar-refractivity contribution >= 4 is 29.1 Å². The van der Waals surface area contributed by atoms with E-state index >= 15 is 0 Å². The second-order valence-electron chi connectivity index (χ2n) is 3.48. The fraction of sp³-hybridized carbons (Fsp3) is 0.300. The van der Waals surface area contributed by atoms with Gasteiger partial charge in [0.1, 0.15) is 6.10 Å². The molecule has 0 aliphatic heterocycles. The molecule has 0 saturated heterocycles. The monoisotopic (exact) mass is 281 g/mol. The molecule has 0 aliphatic carbocycles. The zero-order chi connectivity index (χ0) is 13.2. The molecule has 94 valence electrons. The van der Waals surface area contributed by atoms with Gasteiger partial charge in [0.25, 0.3) is 0 Å². The molecule has 1 aromatic rings. The van der Waals surface area contributed by atoms with Gasteiger partial charge in [-0.1, -0.05) is 23.2 Å². The van der Waals surface area contributed by atoms with Crippen LogP contribution >= 0.6 is 23.2 Å². The van der Waals surface area contributed by atoms with E-state index in [1.807, 2.05) is 0 Å². The van der Waals surface area contributed by atoms with Gasteiger partial charge in [0.05, 0.1) is 22.6 Å². The first-order valence-corrected chi connectivity index (χ1v) is 5.37. The summed E-state index contributed by atoms with van der Waals surface area (Å²) in [7, 11) is 0. The van der Waals surface area contributed by atoms with Crippen LogP contribution in [0.25, 0.3) is 0 Å². The minimum atomic E-state index is -1.42. The fourth-order valence-corrected chi connectivity index (χ4v) is 1.79. The van der Waals surface area contributed by atoms with E-state index in [1.165, 1.54) is 0 Å². The lowest BCUT2D eigenvalue weighted by Crippen LogP contribution is -2.25. The van der Waals surface area contributed by atoms with Crippen LogP contribution in [0.1, 0.15) is 18.1 Å². The van der Waals surface area contributed by atoms with Gasteiger partial charge in [0, 0.05) is 0 Å². The lowest BCUT2D eigenvalue weighted by atomic mass is 10.0. The molecule has 7 heteroatoms. The van der Waals surface area contributed by atoms with Crippen LogP contribution in [0.3, 0.4) is 0 Å². The number of benzene rings is 1. The van der Waals surface area contributed by atoms with Crippen molar-refractivity contribution in [2.75, 3.05) is 0 Å². The predicted octanol–water partition coefficient (Wildman–Crippen LogP) is 1.40. The number of nitrogens with two attached hydrogens (primary N) is 1. The maximum Gasteiger partial charge on any atom is 0.220 e. The summed E-state index contributed by atoms with van der Waals surface area (Å²) in [5.74, 6) is -1.58. The molecule has 0 bridgehead atoms. The third-order valence-electron chi connectivity index (χ3n) is 2.12. The summed E-state index contributed by atoms with van der Waals surface area (Å²) in [6.07, 6.45) is -3.24. The van der Waals surface area contributed by atoms with Gasteiger partial charge >= 0.3 is 0 Å². The molecule has 1 amide bonds. The summed E-state index contributed by atoms with van der Waals surface area (Å²) in [5, 5.41) is 18.6. The highest BCUT2D eigenvalue weighted by Gasteiger charge is 2.22. The van der Waals surface area contributed by atoms with Gasteiger partial charge in [-0.25, -0.2) is 4.39 Å². The normalized spacial score (nSPS) is 14.4. The number of rotatable bonds is 4. The first-order chi connectivity index (χ1) is 7.82. The van der Waals surface area contributed by atoms with Gasteiger partial charge in [-0.15, -0.1) is 0 Å². The van der Waals surface area contributed by atoms with Crippen LogP contribution in [0.15, 0.2) is 12.1 Å². The molecule has 1 aromatic carbocycles. The number of aliphatic hydroxyl groups is 2. The number of carbonyl (C=O) groups excluding carboxylic acids is 1. The van der Waals surface area contributed by atoms with Crippen molar-refractivity contribution in [3.63, 3.8) is 0 Å². The molecule has 4 N–H and O–H groups in total. The van der Waals surface area contributed by atoms with Gasteiger partial charge in [0.2, 0.25) is 5.91 Å². The van der Waals surface area contributed by atoms with Crippen LogP contribution in [-0.4, -0.2) is 22.2 Å². The Kier molecular flexibility index (Phi) is 4.70. The van der Waals surface area contributed by atoms with Crippen molar-refractivity contribution in [1.29, 1.82) is 0 Å². The Hall–Kier alpha value is -0.880. The highest BCUT2D eigenvalue weighted by molar-refractivity contribution is 6.35. The maximum atomic E-state index is 13.1. The fourth-order valence-electron chi connectivity index (χ4n) is 1.29. The Morgan fingerprint density at radius 3 is 2.24 bits per heavy atom. The van der Waals surface area contributed by atoms with Crippen LogP contribution in [0.4, 0.5) is 4.39 Å². The van der Waals surface area contributed by atoms with Crippen molar-refractivity contribution in [2.45, 2.75) is 18.6 Å². The molecule has 17 heavy (non-hydrogen) atoms. The molecule has 2 unspecified atom stereocenters. The van der Waals surface area contributed by atoms with E-state index in [1.54, 1.807) is 0 Å². The summed E-state index contributed by atoms with van der Waals surface area (Å²) in [5.41, 5.74) is 4.98. The minimum absolute atomic E-state index is 0.107. The molecular formula is C10H10Cl2FNO3. The van der Waals surface area contributed by atoms with Crippen molar-refractivity contribution in [1.82, 2.24) is 0 Å². The molecule has 0 aliphatic rings. The Bertz CT molecular complexity index is 419. The Labute approximate surface area is 107 Å². The largest absolute Gasteiger partial charge is 0.390 e. The minimum Gasteiger partial charge on any atom is -0.390 e. The molecule has 4 nitrogen and oxygen atoms in total. The summed E-state index contributed by atoms with van der Waals surface area (Å²) >= 11 is 11.1. The number of primary amides is 1. The van der Waals surface area contributed by atoms with Crippen molar-refractivity contribution in [2.24, 2.45) is 5.73 Å². The van der Waals surface area contributed by atoms with Gasteiger partial charge in [0.15, 0.2) is 5.82 Å².